The molecule has 0 saturated heterocycles. The van der Waals surface area contributed by atoms with E-state index in [-0.39, 0.29) is 15.7 Å². The van der Waals surface area contributed by atoms with Crippen LogP contribution < -0.4 is 10.5 Å². The summed E-state index contributed by atoms with van der Waals surface area (Å²) in [6.07, 6.45) is 0. The number of nitrogens with zero attached hydrogens (tertiary/aromatic N) is 1. The van der Waals surface area contributed by atoms with Gasteiger partial charge in [-0.3, -0.25) is 9.52 Å². The summed E-state index contributed by atoms with van der Waals surface area (Å²) in [4.78, 5) is 12.4. The Morgan fingerprint density at radius 3 is 1.86 bits per heavy atom. The number of aromatic nitrogens is 1. The zero-order chi connectivity index (χ0) is 27.2. The smallest absolute Gasteiger partial charge is 0.265 e. The molecule has 0 radical (unpaired) electrons. The van der Waals surface area contributed by atoms with Gasteiger partial charge in [0.05, 0.1) is 4.90 Å². The summed E-state index contributed by atoms with van der Waals surface area (Å²) in [6, 6.07) is 22.2. The van der Waals surface area contributed by atoms with Crippen LogP contribution in [0.5, 0.6) is 0 Å². The highest BCUT2D eigenvalue weighted by Crippen LogP contribution is 2.28. The first kappa shape index (κ1) is 26.5. The highest BCUT2D eigenvalue weighted by molar-refractivity contribution is 7.92. The molecule has 0 unspecified atom stereocenters. The van der Waals surface area contributed by atoms with Crippen LogP contribution >= 0.6 is 0 Å². The minimum Gasteiger partial charge on any atom is -0.364 e. The first-order valence-electron chi connectivity index (χ1n) is 12.3. The highest BCUT2D eigenvalue weighted by Gasteiger charge is 2.20. The van der Waals surface area contributed by atoms with Crippen molar-refractivity contribution < 1.29 is 13.2 Å². The number of hydrogen-bond acceptors (Lipinski definition) is 3. The maximum absolute atomic E-state index is 13.0. The topological polar surface area (TPSA) is 94.2 Å². The molecule has 1 aromatic heterocycles. The number of sulfonamides is 1. The number of carbonyl (C=O) groups excluding carboxylic acids is 1. The molecule has 3 aromatic carbocycles. The molecule has 0 atom stereocenters. The molecule has 0 bridgehead atoms. The van der Waals surface area contributed by atoms with Gasteiger partial charge in [-0.1, -0.05) is 77.9 Å². The Bertz CT molecular complexity index is 1550. The summed E-state index contributed by atoms with van der Waals surface area (Å²) in [5.74, 6) is -0.538. The standard InChI is InChI=1S/C30H35N3O3S/c1-29(2,3)22-9-7-20(8-10-22)19-33-26-16-13-24(17-21(26)18-27(33)28(31)34)32-37(35,36)25-14-11-23(12-15-25)30(4,5)6/h7-18,32H,19H2,1-6H3,(H2,31,34). The molecule has 0 aliphatic heterocycles. The zero-order valence-corrected chi connectivity index (χ0v) is 23.1. The van der Waals surface area contributed by atoms with Gasteiger partial charge in [0.25, 0.3) is 15.9 Å². The highest BCUT2D eigenvalue weighted by atomic mass is 32.2. The average molecular weight is 518 g/mol. The largest absolute Gasteiger partial charge is 0.364 e. The molecule has 0 spiro atoms. The monoisotopic (exact) mass is 517 g/mol. The Morgan fingerprint density at radius 1 is 0.811 bits per heavy atom. The van der Waals surface area contributed by atoms with Crippen LogP contribution in [0.2, 0.25) is 0 Å². The minimum absolute atomic E-state index is 0.0510. The summed E-state index contributed by atoms with van der Waals surface area (Å²) in [7, 11) is -3.78. The van der Waals surface area contributed by atoms with Gasteiger partial charge in [-0.25, -0.2) is 8.42 Å². The van der Waals surface area contributed by atoms with E-state index in [0.29, 0.717) is 17.9 Å². The maximum atomic E-state index is 13.0. The number of rotatable bonds is 6. The predicted octanol–water partition coefficient (Wildman–Crippen LogP) is 6.18. The van der Waals surface area contributed by atoms with Crippen molar-refractivity contribution in [2.45, 2.75) is 63.8 Å². The lowest BCUT2D eigenvalue weighted by molar-refractivity contribution is 0.0992. The molecular weight excluding hydrogens is 482 g/mol. The van der Waals surface area contributed by atoms with Gasteiger partial charge in [0, 0.05) is 23.1 Å². The molecule has 3 N–H and O–H groups in total. The summed E-state index contributed by atoms with van der Waals surface area (Å²) in [5.41, 5.74) is 10.6. The van der Waals surface area contributed by atoms with Crippen LogP contribution in [0.15, 0.2) is 77.7 Å². The maximum Gasteiger partial charge on any atom is 0.265 e. The Balaban J connectivity index is 1.64. The molecule has 0 aliphatic rings. The van der Waals surface area contributed by atoms with Crippen LogP contribution in [0.25, 0.3) is 10.9 Å². The Morgan fingerprint density at radius 2 is 1.35 bits per heavy atom. The lowest BCUT2D eigenvalue weighted by atomic mass is 9.87. The number of nitrogens with one attached hydrogen (secondary N) is 1. The number of fused-ring (bicyclic) bond motifs is 1. The van der Waals surface area contributed by atoms with Crippen LogP contribution in [-0.2, 0) is 27.4 Å². The normalized spacial score (nSPS) is 12.6. The molecule has 0 fully saturated rings. The van der Waals surface area contributed by atoms with Crippen molar-refractivity contribution in [3.05, 3.63) is 95.2 Å². The fourth-order valence-corrected chi connectivity index (χ4v) is 5.40. The lowest BCUT2D eigenvalue weighted by Gasteiger charge is -2.19. The van der Waals surface area contributed by atoms with E-state index in [4.69, 9.17) is 5.73 Å². The van der Waals surface area contributed by atoms with Crippen LogP contribution in [0.1, 0.15) is 68.7 Å². The van der Waals surface area contributed by atoms with E-state index in [1.165, 1.54) is 5.56 Å². The Hall–Kier alpha value is -3.58. The molecule has 1 amide bonds. The number of anilines is 1. The van der Waals surface area contributed by atoms with Crippen molar-refractivity contribution in [2.24, 2.45) is 5.73 Å². The van der Waals surface area contributed by atoms with E-state index in [0.717, 1.165) is 22.0 Å². The second-order valence-corrected chi connectivity index (χ2v) is 13.3. The molecule has 194 valence electrons. The summed E-state index contributed by atoms with van der Waals surface area (Å²) in [6.45, 7) is 13.2. The van der Waals surface area contributed by atoms with Crippen molar-refractivity contribution >= 4 is 32.5 Å². The third kappa shape index (κ3) is 5.72. The second kappa shape index (κ2) is 9.38. The lowest BCUT2D eigenvalue weighted by Crippen LogP contribution is -2.17. The molecule has 0 aliphatic carbocycles. The van der Waals surface area contributed by atoms with E-state index in [9.17, 15) is 13.2 Å². The first-order chi connectivity index (χ1) is 17.1. The number of benzene rings is 3. The van der Waals surface area contributed by atoms with Crippen molar-refractivity contribution in [1.29, 1.82) is 0 Å². The Kier molecular flexibility index (Phi) is 6.71. The van der Waals surface area contributed by atoms with Crippen LogP contribution in [0.3, 0.4) is 0 Å². The molecule has 4 rings (SSSR count). The minimum atomic E-state index is -3.78. The van der Waals surface area contributed by atoms with Gasteiger partial charge < -0.3 is 10.3 Å². The number of hydrogen-bond donors (Lipinski definition) is 2. The zero-order valence-electron chi connectivity index (χ0n) is 22.3. The number of primary amides is 1. The number of nitrogens with two attached hydrogens (primary N) is 1. The molecule has 7 heteroatoms. The summed E-state index contributed by atoms with van der Waals surface area (Å²) in [5, 5.41) is 0.725. The average Bonchev–Trinajstić information content (AvgIpc) is 3.16. The van der Waals surface area contributed by atoms with Crippen molar-refractivity contribution in [3.8, 4) is 0 Å². The van der Waals surface area contributed by atoms with Gasteiger partial charge in [-0.05, 0) is 63.9 Å². The molecule has 37 heavy (non-hydrogen) atoms. The van der Waals surface area contributed by atoms with Crippen LogP contribution in [0.4, 0.5) is 5.69 Å². The number of carbonyl (C=O) groups is 1. The van der Waals surface area contributed by atoms with E-state index in [1.54, 1.807) is 30.3 Å². The fraction of sp³-hybridized carbons (Fsp3) is 0.300. The van der Waals surface area contributed by atoms with Crippen molar-refractivity contribution in [3.63, 3.8) is 0 Å². The van der Waals surface area contributed by atoms with Gasteiger partial charge in [-0.15, -0.1) is 0 Å². The molecule has 4 aromatic rings. The number of amides is 1. The second-order valence-electron chi connectivity index (χ2n) is 11.6. The first-order valence-corrected chi connectivity index (χ1v) is 13.8. The van der Waals surface area contributed by atoms with E-state index < -0.39 is 15.9 Å². The van der Waals surface area contributed by atoms with Gasteiger partial charge in [0.15, 0.2) is 0 Å². The molecule has 6 nitrogen and oxygen atoms in total. The SMILES string of the molecule is CC(C)(C)c1ccc(Cn2c(C(N)=O)cc3cc(NS(=O)(=O)c4ccc(C(C)(C)C)cc4)ccc32)cc1. The van der Waals surface area contributed by atoms with Gasteiger partial charge in [0.1, 0.15) is 5.69 Å². The van der Waals surface area contributed by atoms with Gasteiger partial charge >= 0.3 is 0 Å². The van der Waals surface area contributed by atoms with Crippen LogP contribution in [-0.4, -0.2) is 18.9 Å². The van der Waals surface area contributed by atoms with Crippen molar-refractivity contribution in [1.82, 2.24) is 4.57 Å². The third-order valence-corrected chi connectivity index (χ3v) is 7.99. The molecule has 0 saturated carbocycles. The van der Waals surface area contributed by atoms with E-state index >= 15 is 0 Å². The molecular formula is C30H35N3O3S. The van der Waals surface area contributed by atoms with Crippen LogP contribution in [0, 0.1) is 0 Å². The molecule has 1 heterocycles. The third-order valence-electron chi connectivity index (χ3n) is 6.60. The van der Waals surface area contributed by atoms with E-state index in [2.05, 4.69) is 70.5 Å². The van der Waals surface area contributed by atoms with E-state index in [1.807, 2.05) is 22.8 Å². The predicted molar refractivity (Wildman–Crippen MR) is 151 cm³/mol. The summed E-state index contributed by atoms with van der Waals surface area (Å²) >= 11 is 0. The van der Waals surface area contributed by atoms with Gasteiger partial charge in [-0.2, -0.15) is 0 Å². The fourth-order valence-electron chi connectivity index (χ4n) is 4.35. The van der Waals surface area contributed by atoms with Crippen molar-refractivity contribution in [2.75, 3.05) is 4.72 Å². The van der Waals surface area contributed by atoms with Gasteiger partial charge in [0.2, 0.25) is 0 Å². The quantitative estimate of drug-likeness (QED) is 0.320. The Labute approximate surface area is 219 Å². The summed E-state index contributed by atoms with van der Waals surface area (Å²) < 4.78 is 30.6.